The number of carbonyl (C=O) groups excluding carboxylic acids is 1. The van der Waals surface area contributed by atoms with Gasteiger partial charge >= 0.3 is 5.97 Å². The van der Waals surface area contributed by atoms with Gasteiger partial charge in [-0.25, -0.2) is 10.3 Å². The van der Waals surface area contributed by atoms with Crippen LogP contribution in [0.25, 0.3) is 11.0 Å². The van der Waals surface area contributed by atoms with E-state index in [9.17, 15) is 9.59 Å². The summed E-state index contributed by atoms with van der Waals surface area (Å²) in [5, 5.41) is 8.37. The number of para-hydroxylation sites is 1. The molecule has 0 unspecified atom stereocenters. The second-order valence-corrected chi connectivity index (χ2v) is 3.34. The van der Waals surface area contributed by atoms with Gasteiger partial charge in [0.2, 0.25) is 0 Å². The van der Waals surface area contributed by atoms with Crippen LogP contribution in [-0.2, 0) is 9.63 Å². The minimum atomic E-state index is -1.17. The van der Waals surface area contributed by atoms with Gasteiger partial charge in [0.25, 0.3) is 5.91 Å². The maximum atomic E-state index is 11.7. The Morgan fingerprint density at radius 3 is 2.83 bits per heavy atom. The van der Waals surface area contributed by atoms with Crippen molar-refractivity contribution in [2.45, 2.75) is 0 Å². The first-order valence-electron chi connectivity index (χ1n) is 5.02. The Hall–Kier alpha value is -2.54. The second kappa shape index (κ2) is 5.19. The molecular formula is C11H9N3O4. The van der Waals surface area contributed by atoms with E-state index in [1.54, 1.807) is 18.2 Å². The van der Waals surface area contributed by atoms with Gasteiger partial charge in [-0.05, 0) is 12.1 Å². The van der Waals surface area contributed by atoms with Gasteiger partial charge in [0.15, 0.2) is 6.61 Å². The van der Waals surface area contributed by atoms with Gasteiger partial charge in [-0.15, -0.1) is 0 Å². The number of rotatable bonds is 4. The lowest BCUT2D eigenvalue weighted by molar-refractivity contribution is -0.144. The molecule has 7 heteroatoms. The Balaban J connectivity index is 2.20. The van der Waals surface area contributed by atoms with Gasteiger partial charge in [0, 0.05) is 12.4 Å². The van der Waals surface area contributed by atoms with Crippen molar-refractivity contribution >= 4 is 22.9 Å². The van der Waals surface area contributed by atoms with E-state index >= 15 is 0 Å². The quantitative estimate of drug-likeness (QED) is 0.757. The zero-order chi connectivity index (χ0) is 13.0. The molecule has 0 fully saturated rings. The molecule has 1 heterocycles. The largest absolute Gasteiger partial charge is 0.479 e. The van der Waals surface area contributed by atoms with E-state index < -0.39 is 18.5 Å². The third-order valence-corrected chi connectivity index (χ3v) is 2.10. The van der Waals surface area contributed by atoms with Crippen LogP contribution in [-0.4, -0.2) is 33.6 Å². The maximum Gasteiger partial charge on any atom is 0.332 e. The molecule has 0 radical (unpaired) electrons. The number of carboxylic acid groups (broad SMARTS) is 1. The maximum absolute atomic E-state index is 11.7. The molecule has 0 saturated heterocycles. The van der Waals surface area contributed by atoms with Crippen LogP contribution in [0.4, 0.5) is 0 Å². The van der Waals surface area contributed by atoms with Crippen molar-refractivity contribution in [1.82, 2.24) is 15.4 Å². The van der Waals surface area contributed by atoms with Gasteiger partial charge in [0.05, 0.1) is 11.1 Å². The Morgan fingerprint density at radius 2 is 2.06 bits per heavy atom. The summed E-state index contributed by atoms with van der Waals surface area (Å²) in [5.41, 5.74) is 3.30. The monoisotopic (exact) mass is 247 g/mol. The van der Waals surface area contributed by atoms with Crippen LogP contribution in [0.5, 0.6) is 0 Å². The summed E-state index contributed by atoms with van der Waals surface area (Å²) >= 11 is 0. The number of aliphatic carboxylic acids is 1. The predicted octanol–water partition coefficient (Wildman–Crippen LogP) is 0.376. The molecule has 0 bridgehead atoms. The number of nitrogens with zero attached hydrogens (tertiary/aromatic N) is 2. The molecular weight excluding hydrogens is 238 g/mol. The summed E-state index contributed by atoms with van der Waals surface area (Å²) in [6.45, 7) is -0.609. The standard InChI is InChI=1S/C11H9N3O4/c15-9(16)6-18-14-11(17)7-2-1-3-8-10(7)13-5-4-12-8/h1-5H,6H2,(H,14,17)(H,15,16). The van der Waals surface area contributed by atoms with E-state index in [-0.39, 0.29) is 5.56 Å². The Labute approximate surface area is 101 Å². The highest BCUT2D eigenvalue weighted by Gasteiger charge is 2.11. The lowest BCUT2D eigenvalue weighted by Crippen LogP contribution is -2.26. The van der Waals surface area contributed by atoms with E-state index in [0.717, 1.165) is 0 Å². The number of hydrogen-bond donors (Lipinski definition) is 2. The number of hydrogen-bond acceptors (Lipinski definition) is 5. The van der Waals surface area contributed by atoms with Crippen molar-refractivity contribution in [2.24, 2.45) is 0 Å². The SMILES string of the molecule is O=C(O)CONC(=O)c1cccc2nccnc12. The molecule has 2 aromatic rings. The molecule has 0 aliphatic heterocycles. The van der Waals surface area contributed by atoms with Crippen molar-refractivity contribution in [1.29, 1.82) is 0 Å². The van der Waals surface area contributed by atoms with Gasteiger partial charge in [-0.2, -0.15) is 0 Å². The zero-order valence-electron chi connectivity index (χ0n) is 9.16. The Kier molecular flexibility index (Phi) is 3.44. The summed E-state index contributed by atoms with van der Waals surface area (Å²) < 4.78 is 0. The minimum absolute atomic E-state index is 0.269. The van der Waals surface area contributed by atoms with E-state index in [1.165, 1.54) is 12.4 Å². The first kappa shape index (κ1) is 11.9. The van der Waals surface area contributed by atoms with Crippen LogP contribution >= 0.6 is 0 Å². The molecule has 1 aromatic heterocycles. The summed E-state index contributed by atoms with van der Waals surface area (Å²) in [4.78, 5) is 34.6. The van der Waals surface area contributed by atoms with Crippen molar-refractivity contribution in [3.63, 3.8) is 0 Å². The molecule has 18 heavy (non-hydrogen) atoms. The van der Waals surface area contributed by atoms with E-state index in [0.29, 0.717) is 11.0 Å². The lowest BCUT2D eigenvalue weighted by Gasteiger charge is -2.05. The fourth-order valence-corrected chi connectivity index (χ4v) is 1.39. The third kappa shape index (κ3) is 2.58. The van der Waals surface area contributed by atoms with Gasteiger partial charge < -0.3 is 5.11 Å². The van der Waals surface area contributed by atoms with Crippen molar-refractivity contribution in [3.05, 3.63) is 36.2 Å². The number of hydroxylamine groups is 1. The Morgan fingerprint density at radius 1 is 1.28 bits per heavy atom. The molecule has 1 aromatic carbocycles. The van der Waals surface area contributed by atoms with Gasteiger partial charge in [-0.1, -0.05) is 6.07 Å². The van der Waals surface area contributed by atoms with E-state index in [1.807, 2.05) is 5.48 Å². The molecule has 1 amide bonds. The minimum Gasteiger partial charge on any atom is -0.479 e. The topological polar surface area (TPSA) is 101 Å². The fraction of sp³-hybridized carbons (Fsp3) is 0.0909. The smallest absolute Gasteiger partial charge is 0.332 e. The predicted molar refractivity (Wildman–Crippen MR) is 60.6 cm³/mol. The Bertz CT molecular complexity index is 594. The summed E-state index contributed by atoms with van der Waals surface area (Å²) in [6.07, 6.45) is 2.99. The summed E-state index contributed by atoms with van der Waals surface area (Å²) in [6, 6.07) is 4.93. The van der Waals surface area contributed by atoms with Crippen molar-refractivity contribution < 1.29 is 19.5 Å². The number of aromatic nitrogens is 2. The van der Waals surface area contributed by atoms with Crippen LogP contribution in [0.1, 0.15) is 10.4 Å². The van der Waals surface area contributed by atoms with Crippen molar-refractivity contribution in [3.8, 4) is 0 Å². The summed E-state index contributed by atoms with van der Waals surface area (Å²) in [5.74, 6) is -1.74. The number of fused-ring (bicyclic) bond motifs is 1. The highest BCUT2D eigenvalue weighted by Crippen LogP contribution is 2.13. The number of carbonyl (C=O) groups is 2. The zero-order valence-corrected chi connectivity index (χ0v) is 9.16. The van der Waals surface area contributed by atoms with Crippen LogP contribution in [0.2, 0.25) is 0 Å². The fourth-order valence-electron chi connectivity index (χ4n) is 1.39. The molecule has 92 valence electrons. The average Bonchev–Trinajstić information content (AvgIpc) is 2.37. The first-order chi connectivity index (χ1) is 8.68. The first-order valence-corrected chi connectivity index (χ1v) is 5.02. The molecule has 0 aliphatic rings. The molecule has 2 rings (SSSR count). The van der Waals surface area contributed by atoms with Crippen LogP contribution in [0.3, 0.4) is 0 Å². The highest BCUT2D eigenvalue weighted by atomic mass is 16.7. The second-order valence-electron chi connectivity index (χ2n) is 3.34. The van der Waals surface area contributed by atoms with Gasteiger partial charge in [0.1, 0.15) is 5.52 Å². The van der Waals surface area contributed by atoms with Gasteiger partial charge in [-0.3, -0.25) is 19.6 Å². The van der Waals surface area contributed by atoms with Crippen LogP contribution in [0.15, 0.2) is 30.6 Å². The molecule has 0 spiro atoms. The van der Waals surface area contributed by atoms with Crippen molar-refractivity contribution in [2.75, 3.05) is 6.61 Å². The molecule has 0 atom stereocenters. The molecule has 0 aliphatic carbocycles. The van der Waals surface area contributed by atoms with E-state index in [2.05, 4.69) is 14.8 Å². The normalized spacial score (nSPS) is 10.2. The molecule has 2 N–H and O–H groups in total. The number of benzene rings is 1. The molecule has 7 nitrogen and oxygen atoms in total. The molecule has 0 saturated carbocycles. The number of carboxylic acids is 1. The summed E-state index contributed by atoms with van der Waals surface area (Å²) in [7, 11) is 0. The third-order valence-electron chi connectivity index (χ3n) is 2.10. The number of nitrogens with one attached hydrogen (secondary N) is 1. The van der Waals surface area contributed by atoms with Crippen LogP contribution < -0.4 is 5.48 Å². The van der Waals surface area contributed by atoms with Crippen LogP contribution in [0, 0.1) is 0 Å². The highest BCUT2D eigenvalue weighted by molar-refractivity contribution is 6.04. The lowest BCUT2D eigenvalue weighted by atomic mass is 10.1. The number of amides is 1. The van der Waals surface area contributed by atoms with E-state index in [4.69, 9.17) is 5.11 Å². The average molecular weight is 247 g/mol.